The SMILES string of the molecule is CNC(C)c1ccccc1Sc1ccc2ccccc2c1. The van der Waals surface area contributed by atoms with Gasteiger partial charge in [0, 0.05) is 15.8 Å². The van der Waals surface area contributed by atoms with Gasteiger partial charge in [-0.1, -0.05) is 60.3 Å². The maximum Gasteiger partial charge on any atom is 0.0300 e. The van der Waals surface area contributed by atoms with Gasteiger partial charge in [0.1, 0.15) is 0 Å². The third-order valence-electron chi connectivity index (χ3n) is 3.77. The number of hydrogen-bond acceptors (Lipinski definition) is 2. The Balaban J connectivity index is 1.95. The van der Waals surface area contributed by atoms with Crippen molar-refractivity contribution in [1.82, 2.24) is 5.32 Å². The van der Waals surface area contributed by atoms with Gasteiger partial charge < -0.3 is 5.32 Å². The molecular formula is C19H19NS. The van der Waals surface area contributed by atoms with Crippen molar-refractivity contribution in [3.05, 3.63) is 72.3 Å². The zero-order chi connectivity index (χ0) is 14.7. The molecule has 0 spiro atoms. The number of nitrogens with one attached hydrogen (secondary N) is 1. The molecule has 0 aromatic heterocycles. The van der Waals surface area contributed by atoms with Gasteiger partial charge in [-0.2, -0.15) is 0 Å². The van der Waals surface area contributed by atoms with Crippen LogP contribution in [-0.4, -0.2) is 7.05 Å². The Bertz CT molecular complexity index is 751. The molecule has 2 heteroatoms. The van der Waals surface area contributed by atoms with Crippen LogP contribution in [0.15, 0.2) is 76.5 Å². The predicted molar refractivity (Wildman–Crippen MR) is 92.0 cm³/mol. The smallest absolute Gasteiger partial charge is 0.0300 e. The van der Waals surface area contributed by atoms with Crippen LogP contribution >= 0.6 is 11.8 Å². The van der Waals surface area contributed by atoms with Gasteiger partial charge in [0.25, 0.3) is 0 Å². The molecule has 1 N–H and O–H groups in total. The van der Waals surface area contributed by atoms with E-state index in [-0.39, 0.29) is 0 Å². The number of rotatable bonds is 4. The van der Waals surface area contributed by atoms with E-state index >= 15 is 0 Å². The third kappa shape index (κ3) is 3.12. The Morgan fingerprint density at radius 1 is 0.857 bits per heavy atom. The first-order chi connectivity index (χ1) is 10.3. The summed E-state index contributed by atoms with van der Waals surface area (Å²) < 4.78 is 0. The fraction of sp³-hybridized carbons (Fsp3) is 0.158. The minimum atomic E-state index is 0.356. The lowest BCUT2D eigenvalue weighted by Gasteiger charge is -2.15. The molecule has 1 unspecified atom stereocenters. The standard InChI is InChI=1S/C19H19NS/c1-14(20-2)18-9-5-6-10-19(18)21-17-12-11-15-7-3-4-8-16(15)13-17/h3-14,20H,1-2H3. The first-order valence-electron chi connectivity index (χ1n) is 7.21. The van der Waals surface area contributed by atoms with Crippen molar-refractivity contribution in [2.45, 2.75) is 22.8 Å². The van der Waals surface area contributed by atoms with E-state index in [0.717, 1.165) is 0 Å². The second kappa shape index (κ2) is 6.33. The minimum Gasteiger partial charge on any atom is -0.313 e. The van der Waals surface area contributed by atoms with E-state index in [1.807, 2.05) is 18.8 Å². The summed E-state index contributed by atoms with van der Waals surface area (Å²) in [5.74, 6) is 0. The molecule has 3 aromatic rings. The van der Waals surface area contributed by atoms with Crippen LogP contribution < -0.4 is 5.32 Å². The molecule has 0 aliphatic carbocycles. The molecule has 0 radical (unpaired) electrons. The monoisotopic (exact) mass is 293 g/mol. The van der Waals surface area contributed by atoms with Gasteiger partial charge in [-0.15, -0.1) is 0 Å². The van der Waals surface area contributed by atoms with Crippen LogP contribution in [-0.2, 0) is 0 Å². The highest BCUT2D eigenvalue weighted by atomic mass is 32.2. The van der Waals surface area contributed by atoms with Crippen molar-refractivity contribution < 1.29 is 0 Å². The van der Waals surface area contributed by atoms with E-state index in [2.05, 4.69) is 79.0 Å². The van der Waals surface area contributed by atoms with Crippen molar-refractivity contribution in [3.63, 3.8) is 0 Å². The van der Waals surface area contributed by atoms with E-state index in [4.69, 9.17) is 0 Å². The van der Waals surface area contributed by atoms with E-state index in [9.17, 15) is 0 Å². The lowest BCUT2D eigenvalue weighted by atomic mass is 10.1. The second-order valence-electron chi connectivity index (χ2n) is 5.16. The summed E-state index contributed by atoms with van der Waals surface area (Å²) in [5, 5.41) is 5.91. The lowest BCUT2D eigenvalue weighted by molar-refractivity contribution is 0.641. The maximum atomic E-state index is 3.32. The van der Waals surface area contributed by atoms with Gasteiger partial charge in [-0.05, 0) is 48.5 Å². The lowest BCUT2D eigenvalue weighted by Crippen LogP contribution is -2.12. The van der Waals surface area contributed by atoms with Crippen molar-refractivity contribution in [2.75, 3.05) is 7.05 Å². The fourth-order valence-electron chi connectivity index (χ4n) is 2.44. The van der Waals surface area contributed by atoms with Crippen LogP contribution in [0.5, 0.6) is 0 Å². The minimum absolute atomic E-state index is 0.356. The molecule has 0 saturated heterocycles. The highest BCUT2D eigenvalue weighted by Gasteiger charge is 2.09. The van der Waals surface area contributed by atoms with Crippen LogP contribution in [0.2, 0.25) is 0 Å². The normalized spacial score (nSPS) is 12.5. The van der Waals surface area contributed by atoms with Crippen molar-refractivity contribution in [1.29, 1.82) is 0 Å². The Kier molecular flexibility index (Phi) is 4.28. The average Bonchev–Trinajstić information content (AvgIpc) is 2.54. The van der Waals surface area contributed by atoms with Crippen LogP contribution in [0.4, 0.5) is 0 Å². The summed E-state index contributed by atoms with van der Waals surface area (Å²) in [6, 6.07) is 24.1. The Morgan fingerprint density at radius 3 is 2.38 bits per heavy atom. The number of benzene rings is 3. The molecule has 0 saturated carbocycles. The molecule has 1 atom stereocenters. The molecule has 0 heterocycles. The zero-order valence-corrected chi connectivity index (χ0v) is 13.2. The first-order valence-corrected chi connectivity index (χ1v) is 8.02. The van der Waals surface area contributed by atoms with Crippen LogP contribution in [0.1, 0.15) is 18.5 Å². The highest BCUT2D eigenvalue weighted by Crippen LogP contribution is 2.34. The summed E-state index contributed by atoms with van der Waals surface area (Å²) in [6.07, 6.45) is 0. The topological polar surface area (TPSA) is 12.0 Å². The molecule has 0 bridgehead atoms. The Hall–Kier alpha value is -1.77. The van der Waals surface area contributed by atoms with E-state index in [0.29, 0.717) is 6.04 Å². The van der Waals surface area contributed by atoms with Gasteiger partial charge in [0.15, 0.2) is 0 Å². The summed E-state index contributed by atoms with van der Waals surface area (Å²) in [5.41, 5.74) is 1.35. The highest BCUT2D eigenvalue weighted by molar-refractivity contribution is 7.99. The van der Waals surface area contributed by atoms with Crippen molar-refractivity contribution >= 4 is 22.5 Å². The maximum absolute atomic E-state index is 3.32. The molecule has 0 aliphatic rings. The molecule has 1 nitrogen and oxygen atoms in total. The first kappa shape index (κ1) is 14.2. The van der Waals surface area contributed by atoms with E-state index in [1.54, 1.807) is 0 Å². The Morgan fingerprint density at radius 2 is 1.57 bits per heavy atom. The van der Waals surface area contributed by atoms with Gasteiger partial charge in [0.2, 0.25) is 0 Å². The molecule has 0 fully saturated rings. The van der Waals surface area contributed by atoms with Crippen LogP contribution in [0.25, 0.3) is 10.8 Å². The molecular weight excluding hydrogens is 274 g/mol. The quantitative estimate of drug-likeness (QED) is 0.703. The summed E-state index contributed by atoms with van der Waals surface area (Å²) in [7, 11) is 2.00. The van der Waals surface area contributed by atoms with Gasteiger partial charge in [-0.25, -0.2) is 0 Å². The van der Waals surface area contributed by atoms with Crippen molar-refractivity contribution in [3.8, 4) is 0 Å². The van der Waals surface area contributed by atoms with Gasteiger partial charge in [-0.3, -0.25) is 0 Å². The summed E-state index contributed by atoms with van der Waals surface area (Å²) in [4.78, 5) is 2.60. The van der Waals surface area contributed by atoms with Gasteiger partial charge in [0.05, 0.1) is 0 Å². The predicted octanol–water partition coefficient (Wildman–Crippen LogP) is 5.27. The van der Waals surface area contributed by atoms with Crippen LogP contribution in [0.3, 0.4) is 0 Å². The number of fused-ring (bicyclic) bond motifs is 1. The van der Waals surface area contributed by atoms with Crippen molar-refractivity contribution in [2.24, 2.45) is 0 Å². The third-order valence-corrected chi connectivity index (χ3v) is 4.85. The van der Waals surface area contributed by atoms with Crippen LogP contribution in [0, 0.1) is 0 Å². The zero-order valence-electron chi connectivity index (χ0n) is 12.3. The van der Waals surface area contributed by atoms with E-state index < -0.39 is 0 Å². The Labute approximate surface area is 130 Å². The van der Waals surface area contributed by atoms with Gasteiger partial charge >= 0.3 is 0 Å². The molecule has 3 rings (SSSR count). The molecule has 0 amide bonds. The molecule has 0 aliphatic heterocycles. The summed E-state index contributed by atoms with van der Waals surface area (Å²) >= 11 is 1.83. The van der Waals surface area contributed by atoms with E-state index in [1.165, 1.54) is 26.1 Å². The fourth-order valence-corrected chi connectivity index (χ4v) is 3.53. The average molecular weight is 293 g/mol. The number of hydrogen-bond donors (Lipinski definition) is 1. The molecule has 21 heavy (non-hydrogen) atoms. The molecule has 3 aromatic carbocycles. The summed E-state index contributed by atoms with van der Waals surface area (Å²) in [6.45, 7) is 2.19. The second-order valence-corrected chi connectivity index (χ2v) is 6.27. The largest absolute Gasteiger partial charge is 0.313 e. The molecule has 106 valence electrons.